The molecule has 0 aromatic heterocycles. The lowest BCUT2D eigenvalue weighted by atomic mass is 9.97. The maximum absolute atomic E-state index is 8.21. The predicted molar refractivity (Wildman–Crippen MR) is 73.0 cm³/mol. The molecule has 0 bridgehead atoms. The molecule has 2 nitrogen and oxygen atoms in total. The Morgan fingerprint density at radius 3 is 2.53 bits per heavy atom. The van der Waals surface area contributed by atoms with Gasteiger partial charge in [-0.25, -0.2) is 0 Å². The van der Waals surface area contributed by atoms with Crippen molar-refractivity contribution in [3.8, 4) is 0 Å². The Kier molecular flexibility index (Phi) is 3.16. The van der Waals surface area contributed by atoms with E-state index in [2.05, 4.69) is 0 Å². The first-order valence-corrected chi connectivity index (χ1v) is 5.67. The Bertz CT molecular complexity index is 576. The van der Waals surface area contributed by atoms with E-state index in [9.17, 15) is 0 Å². The number of hydrogen-bond acceptors (Lipinski definition) is 2. The van der Waals surface area contributed by atoms with E-state index in [1.54, 1.807) is 18.2 Å². The molecule has 0 spiro atoms. The smallest absolute Gasteiger partial charge is 0.0708 e. The summed E-state index contributed by atoms with van der Waals surface area (Å²) in [7, 11) is 0. The summed E-state index contributed by atoms with van der Waals surface area (Å²) in [4.78, 5) is 0. The molecule has 0 atom stereocenters. The maximum atomic E-state index is 8.21. The molecule has 0 aliphatic rings. The van der Waals surface area contributed by atoms with Crippen LogP contribution in [0.4, 0.5) is 5.69 Å². The summed E-state index contributed by atoms with van der Waals surface area (Å²) in [5.41, 5.74) is 9.46. The first kappa shape index (κ1) is 11.7. The van der Waals surface area contributed by atoms with Crippen molar-refractivity contribution in [1.29, 1.82) is 5.41 Å². The van der Waals surface area contributed by atoms with Gasteiger partial charge < -0.3 is 5.73 Å². The molecule has 2 aromatic carbocycles. The summed E-state index contributed by atoms with van der Waals surface area (Å²) in [6, 6.07) is 12.9. The second kappa shape index (κ2) is 4.60. The lowest BCUT2D eigenvalue weighted by molar-refractivity contribution is 1.39. The molecule has 0 saturated carbocycles. The van der Waals surface area contributed by atoms with Crippen LogP contribution in [0.15, 0.2) is 42.5 Å². The van der Waals surface area contributed by atoms with Gasteiger partial charge in [-0.15, -0.1) is 0 Å². The Labute approximate surface area is 106 Å². The summed E-state index contributed by atoms with van der Waals surface area (Å²) in [6.45, 7) is 1.98. The number of rotatable bonds is 2. The monoisotopic (exact) mass is 244 g/mol. The summed E-state index contributed by atoms with van der Waals surface area (Å²) >= 11 is 5.94. The molecule has 0 unspecified atom stereocenters. The minimum absolute atomic E-state index is 0.406. The van der Waals surface area contributed by atoms with Crippen LogP contribution < -0.4 is 5.73 Å². The maximum Gasteiger partial charge on any atom is 0.0708 e. The van der Waals surface area contributed by atoms with E-state index in [0.717, 1.165) is 11.1 Å². The van der Waals surface area contributed by atoms with Crippen LogP contribution in [0.25, 0.3) is 0 Å². The van der Waals surface area contributed by atoms with Crippen LogP contribution in [0.5, 0.6) is 0 Å². The Balaban J connectivity index is 2.51. The number of hydrogen-bond donors (Lipinski definition) is 2. The first-order chi connectivity index (χ1) is 8.09. The minimum Gasteiger partial charge on any atom is -0.398 e. The van der Waals surface area contributed by atoms with E-state index < -0.39 is 0 Å². The average Bonchev–Trinajstić information content (AvgIpc) is 2.32. The summed E-state index contributed by atoms with van der Waals surface area (Å²) in [5, 5.41) is 8.80. The van der Waals surface area contributed by atoms with Gasteiger partial charge in [0.1, 0.15) is 0 Å². The van der Waals surface area contributed by atoms with Gasteiger partial charge in [0.2, 0.25) is 0 Å². The summed E-state index contributed by atoms with van der Waals surface area (Å²) in [5.74, 6) is 0. The molecule has 2 aromatic rings. The fraction of sp³-hybridized carbons (Fsp3) is 0.0714. The molecule has 3 heteroatoms. The van der Waals surface area contributed by atoms with Crippen LogP contribution in [-0.2, 0) is 0 Å². The molecule has 0 saturated heterocycles. The molecule has 0 aliphatic heterocycles. The number of halogens is 1. The standard InChI is InChI=1S/C14H13ClN2/c1-9-4-2-3-5-11(9)14(17)12-8-10(15)6-7-13(12)16/h2-8,17H,16H2,1H3. The van der Waals surface area contributed by atoms with Crippen molar-refractivity contribution in [3.05, 3.63) is 64.2 Å². The third-order valence-electron chi connectivity index (χ3n) is 2.70. The van der Waals surface area contributed by atoms with Gasteiger partial charge in [-0.2, -0.15) is 0 Å². The van der Waals surface area contributed by atoms with Crippen molar-refractivity contribution in [2.45, 2.75) is 6.92 Å². The fourth-order valence-electron chi connectivity index (χ4n) is 1.74. The van der Waals surface area contributed by atoms with E-state index in [1.807, 2.05) is 31.2 Å². The number of nitrogens with one attached hydrogen (secondary N) is 1. The number of nitrogens with two attached hydrogens (primary N) is 1. The van der Waals surface area contributed by atoms with Gasteiger partial charge in [0, 0.05) is 21.8 Å². The van der Waals surface area contributed by atoms with Crippen molar-refractivity contribution < 1.29 is 0 Å². The van der Waals surface area contributed by atoms with Crippen LogP contribution in [0.1, 0.15) is 16.7 Å². The molecular weight excluding hydrogens is 232 g/mol. The lowest BCUT2D eigenvalue weighted by Crippen LogP contribution is -2.06. The first-order valence-electron chi connectivity index (χ1n) is 5.29. The van der Waals surface area contributed by atoms with Crippen LogP contribution >= 0.6 is 11.6 Å². The van der Waals surface area contributed by atoms with Crippen LogP contribution in [0, 0.1) is 12.3 Å². The summed E-state index contributed by atoms with van der Waals surface area (Å²) < 4.78 is 0. The summed E-state index contributed by atoms with van der Waals surface area (Å²) in [6.07, 6.45) is 0. The number of anilines is 1. The van der Waals surface area contributed by atoms with E-state index >= 15 is 0 Å². The molecule has 86 valence electrons. The van der Waals surface area contributed by atoms with Crippen molar-refractivity contribution in [1.82, 2.24) is 0 Å². The van der Waals surface area contributed by atoms with Gasteiger partial charge in [0.05, 0.1) is 5.71 Å². The molecule has 0 radical (unpaired) electrons. The van der Waals surface area contributed by atoms with Crippen LogP contribution in [0.2, 0.25) is 5.02 Å². The minimum atomic E-state index is 0.406. The number of aryl methyl sites for hydroxylation is 1. The molecule has 0 aliphatic carbocycles. The topological polar surface area (TPSA) is 49.9 Å². The quantitative estimate of drug-likeness (QED) is 0.615. The van der Waals surface area contributed by atoms with Crippen LogP contribution in [0.3, 0.4) is 0 Å². The fourth-order valence-corrected chi connectivity index (χ4v) is 1.92. The van der Waals surface area contributed by atoms with Crippen molar-refractivity contribution in [3.63, 3.8) is 0 Å². The van der Waals surface area contributed by atoms with Gasteiger partial charge >= 0.3 is 0 Å². The Morgan fingerprint density at radius 2 is 1.82 bits per heavy atom. The molecule has 0 amide bonds. The number of nitrogen functional groups attached to an aromatic ring is 1. The highest BCUT2D eigenvalue weighted by molar-refractivity contribution is 6.31. The molecule has 0 fully saturated rings. The highest BCUT2D eigenvalue weighted by Crippen LogP contribution is 2.22. The van der Waals surface area contributed by atoms with E-state index in [-0.39, 0.29) is 0 Å². The molecule has 2 rings (SSSR count). The molecular formula is C14H13ClN2. The van der Waals surface area contributed by atoms with Crippen LogP contribution in [-0.4, -0.2) is 5.71 Å². The van der Waals surface area contributed by atoms with Gasteiger partial charge in [0.15, 0.2) is 0 Å². The predicted octanol–water partition coefficient (Wildman–Crippen LogP) is 3.65. The van der Waals surface area contributed by atoms with Gasteiger partial charge in [-0.05, 0) is 30.7 Å². The molecule has 17 heavy (non-hydrogen) atoms. The molecule has 3 N–H and O–H groups in total. The largest absolute Gasteiger partial charge is 0.398 e. The Hall–Kier alpha value is -1.80. The van der Waals surface area contributed by atoms with Crippen molar-refractivity contribution >= 4 is 23.0 Å². The SMILES string of the molecule is Cc1ccccc1C(=N)c1cc(Cl)ccc1N. The highest BCUT2D eigenvalue weighted by atomic mass is 35.5. The third-order valence-corrected chi connectivity index (χ3v) is 2.93. The normalized spacial score (nSPS) is 10.2. The van der Waals surface area contributed by atoms with Crippen molar-refractivity contribution in [2.24, 2.45) is 0 Å². The average molecular weight is 245 g/mol. The van der Waals surface area contributed by atoms with Gasteiger partial charge in [-0.1, -0.05) is 35.9 Å². The number of benzene rings is 2. The second-order valence-electron chi connectivity index (χ2n) is 3.92. The zero-order valence-corrected chi connectivity index (χ0v) is 10.3. The third kappa shape index (κ3) is 2.32. The molecule has 0 heterocycles. The zero-order valence-electron chi connectivity index (χ0n) is 9.50. The van der Waals surface area contributed by atoms with E-state index in [0.29, 0.717) is 22.0 Å². The van der Waals surface area contributed by atoms with Crippen molar-refractivity contribution in [2.75, 3.05) is 5.73 Å². The van der Waals surface area contributed by atoms with E-state index in [4.69, 9.17) is 22.7 Å². The highest BCUT2D eigenvalue weighted by Gasteiger charge is 2.10. The second-order valence-corrected chi connectivity index (χ2v) is 4.36. The zero-order chi connectivity index (χ0) is 12.4. The van der Waals surface area contributed by atoms with Gasteiger partial charge in [-0.3, -0.25) is 5.41 Å². The Morgan fingerprint density at radius 1 is 1.12 bits per heavy atom. The van der Waals surface area contributed by atoms with Gasteiger partial charge in [0.25, 0.3) is 0 Å². The van der Waals surface area contributed by atoms with E-state index in [1.165, 1.54) is 0 Å². The lowest BCUT2D eigenvalue weighted by Gasteiger charge is -2.10.